The molecule has 1 amide bonds. The van der Waals surface area contributed by atoms with Crippen molar-refractivity contribution in [2.75, 3.05) is 0 Å². The van der Waals surface area contributed by atoms with Crippen LogP contribution in [0.4, 0.5) is 0 Å². The molecule has 1 N–H and O–H groups in total. The Balaban J connectivity index is 1.59. The van der Waals surface area contributed by atoms with Crippen molar-refractivity contribution in [1.29, 1.82) is 0 Å². The summed E-state index contributed by atoms with van der Waals surface area (Å²) in [6.45, 7) is 2.04. The van der Waals surface area contributed by atoms with Gasteiger partial charge in [-0.1, -0.05) is 35.9 Å². The second-order valence-corrected chi connectivity index (χ2v) is 5.94. The van der Waals surface area contributed by atoms with Crippen molar-refractivity contribution in [3.05, 3.63) is 52.3 Å². The van der Waals surface area contributed by atoms with E-state index in [0.717, 1.165) is 25.0 Å². The molecule has 5 heteroatoms. The SMILES string of the molecule is Cc1nn(CC(=O)NC2CCc3ccccc3C2)cc1Cl. The Morgan fingerprint density at radius 3 is 2.90 bits per heavy atom. The lowest BCUT2D eigenvalue weighted by Gasteiger charge is -2.25. The molecule has 0 bridgehead atoms. The third-order valence-electron chi connectivity index (χ3n) is 3.90. The number of nitrogens with one attached hydrogen (secondary N) is 1. The fraction of sp³-hybridized carbons (Fsp3) is 0.375. The van der Waals surface area contributed by atoms with Gasteiger partial charge in [0.2, 0.25) is 5.91 Å². The summed E-state index contributed by atoms with van der Waals surface area (Å²) in [7, 11) is 0. The highest BCUT2D eigenvalue weighted by Gasteiger charge is 2.20. The summed E-state index contributed by atoms with van der Waals surface area (Å²) in [4.78, 5) is 12.1. The minimum Gasteiger partial charge on any atom is -0.351 e. The van der Waals surface area contributed by atoms with Crippen LogP contribution in [0.3, 0.4) is 0 Å². The monoisotopic (exact) mass is 303 g/mol. The Labute approximate surface area is 129 Å². The molecule has 3 rings (SSSR count). The summed E-state index contributed by atoms with van der Waals surface area (Å²) >= 11 is 5.95. The zero-order valence-electron chi connectivity index (χ0n) is 12.0. The molecule has 21 heavy (non-hydrogen) atoms. The second kappa shape index (κ2) is 5.90. The minimum absolute atomic E-state index is 0.0152. The number of hydrogen-bond acceptors (Lipinski definition) is 2. The van der Waals surface area contributed by atoms with Crippen molar-refractivity contribution in [1.82, 2.24) is 15.1 Å². The highest BCUT2D eigenvalue weighted by molar-refractivity contribution is 6.31. The van der Waals surface area contributed by atoms with Crippen molar-refractivity contribution in [2.24, 2.45) is 0 Å². The number of amides is 1. The second-order valence-electron chi connectivity index (χ2n) is 5.54. The lowest BCUT2D eigenvalue weighted by atomic mass is 9.88. The predicted molar refractivity (Wildman–Crippen MR) is 82.4 cm³/mol. The molecule has 2 aromatic rings. The van der Waals surface area contributed by atoms with E-state index in [4.69, 9.17) is 11.6 Å². The number of nitrogens with zero attached hydrogens (tertiary/aromatic N) is 2. The van der Waals surface area contributed by atoms with Crippen molar-refractivity contribution >= 4 is 17.5 Å². The summed E-state index contributed by atoms with van der Waals surface area (Å²) in [5, 5.41) is 7.89. The van der Waals surface area contributed by atoms with Crippen LogP contribution >= 0.6 is 11.6 Å². The van der Waals surface area contributed by atoms with Crippen LogP contribution in [0.15, 0.2) is 30.5 Å². The van der Waals surface area contributed by atoms with Gasteiger partial charge in [-0.05, 0) is 37.3 Å². The molecule has 0 spiro atoms. The number of aryl methyl sites for hydroxylation is 2. The van der Waals surface area contributed by atoms with Gasteiger partial charge in [-0.15, -0.1) is 0 Å². The summed E-state index contributed by atoms with van der Waals surface area (Å²) in [5.41, 5.74) is 3.49. The largest absolute Gasteiger partial charge is 0.351 e. The van der Waals surface area contributed by atoms with Gasteiger partial charge in [-0.3, -0.25) is 9.48 Å². The van der Waals surface area contributed by atoms with Crippen LogP contribution in [0.25, 0.3) is 0 Å². The van der Waals surface area contributed by atoms with Gasteiger partial charge in [0.15, 0.2) is 0 Å². The molecule has 4 nitrogen and oxygen atoms in total. The Morgan fingerprint density at radius 2 is 2.19 bits per heavy atom. The van der Waals surface area contributed by atoms with E-state index >= 15 is 0 Å². The Hall–Kier alpha value is -1.81. The Morgan fingerprint density at radius 1 is 1.43 bits per heavy atom. The molecule has 0 saturated heterocycles. The molecule has 110 valence electrons. The van der Waals surface area contributed by atoms with Crippen molar-refractivity contribution < 1.29 is 4.79 Å². The van der Waals surface area contributed by atoms with Crippen LogP contribution < -0.4 is 5.32 Å². The number of hydrogen-bond donors (Lipinski definition) is 1. The van der Waals surface area contributed by atoms with Gasteiger partial charge < -0.3 is 5.32 Å². The molecule has 1 aliphatic carbocycles. The molecule has 1 heterocycles. The molecular formula is C16H18ClN3O. The number of carbonyl (C=O) groups is 1. The zero-order chi connectivity index (χ0) is 14.8. The van der Waals surface area contributed by atoms with Gasteiger partial charge in [-0.25, -0.2) is 0 Å². The number of rotatable bonds is 3. The van der Waals surface area contributed by atoms with Crippen molar-refractivity contribution in [2.45, 2.75) is 38.8 Å². The first-order valence-corrected chi connectivity index (χ1v) is 7.55. The topological polar surface area (TPSA) is 46.9 Å². The van der Waals surface area contributed by atoms with E-state index in [-0.39, 0.29) is 18.5 Å². The van der Waals surface area contributed by atoms with Gasteiger partial charge in [0, 0.05) is 12.2 Å². The summed E-state index contributed by atoms with van der Waals surface area (Å²) in [6, 6.07) is 8.64. The van der Waals surface area contributed by atoms with Crippen LogP contribution in [-0.4, -0.2) is 21.7 Å². The van der Waals surface area contributed by atoms with Gasteiger partial charge >= 0.3 is 0 Å². The maximum absolute atomic E-state index is 12.1. The average molecular weight is 304 g/mol. The summed E-state index contributed by atoms with van der Waals surface area (Å²) in [5.74, 6) is -0.0152. The van der Waals surface area contributed by atoms with Gasteiger partial charge in [0.25, 0.3) is 0 Å². The van der Waals surface area contributed by atoms with Gasteiger partial charge in [0.1, 0.15) is 6.54 Å². The first-order valence-electron chi connectivity index (χ1n) is 7.17. The fourth-order valence-corrected chi connectivity index (χ4v) is 2.97. The molecule has 0 aliphatic heterocycles. The quantitative estimate of drug-likeness (QED) is 0.947. The molecule has 1 aromatic carbocycles. The average Bonchev–Trinajstić information content (AvgIpc) is 2.77. The molecule has 0 fully saturated rings. The van der Waals surface area contributed by atoms with Gasteiger partial charge in [-0.2, -0.15) is 5.10 Å². The maximum atomic E-state index is 12.1. The Kier molecular flexibility index (Phi) is 3.97. The van der Waals surface area contributed by atoms with Gasteiger partial charge in [0.05, 0.1) is 10.7 Å². The van der Waals surface area contributed by atoms with E-state index < -0.39 is 0 Å². The van der Waals surface area contributed by atoms with Crippen LogP contribution in [-0.2, 0) is 24.2 Å². The van der Waals surface area contributed by atoms with E-state index in [0.29, 0.717) is 5.02 Å². The summed E-state index contributed by atoms with van der Waals surface area (Å²) in [6.07, 6.45) is 4.60. The third-order valence-corrected chi connectivity index (χ3v) is 4.28. The molecule has 1 aromatic heterocycles. The first-order chi connectivity index (χ1) is 10.1. The van der Waals surface area contributed by atoms with Crippen LogP contribution in [0, 0.1) is 6.92 Å². The van der Waals surface area contributed by atoms with Crippen LogP contribution in [0.5, 0.6) is 0 Å². The molecular weight excluding hydrogens is 286 g/mol. The van der Waals surface area contributed by atoms with E-state index in [2.05, 4.69) is 34.7 Å². The molecule has 0 saturated carbocycles. The summed E-state index contributed by atoms with van der Waals surface area (Å²) < 4.78 is 1.59. The van der Waals surface area contributed by atoms with Crippen molar-refractivity contribution in [3.63, 3.8) is 0 Å². The van der Waals surface area contributed by atoms with E-state index in [1.165, 1.54) is 11.1 Å². The maximum Gasteiger partial charge on any atom is 0.241 e. The number of benzene rings is 1. The predicted octanol–water partition coefficient (Wildman–Crippen LogP) is 2.52. The third kappa shape index (κ3) is 3.27. The molecule has 1 atom stereocenters. The lowest BCUT2D eigenvalue weighted by Crippen LogP contribution is -2.40. The van der Waals surface area contributed by atoms with E-state index in [1.54, 1.807) is 10.9 Å². The highest BCUT2D eigenvalue weighted by atomic mass is 35.5. The number of aromatic nitrogens is 2. The van der Waals surface area contributed by atoms with E-state index in [1.807, 2.05) is 6.92 Å². The number of halogens is 1. The molecule has 1 aliphatic rings. The highest BCUT2D eigenvalue weighted by Crippen LogP contribution is 2.21. The number of carbonyl (C=O) groups excluding carboxylic acids is 1. The fourth-order valence-electron chi connectivity index (χ4n) is 2.82. The van der Waals surface area contributed by atoms with Crippen LogP contribution in [0.2, 0.25) is 5.02 Å². The van der Waals surface area contributed by atoms with Crippen LogP contribution in [0.1, 0.15) is 23.2 Å². The number of fused-ring (bicyclic) bond motifs is 1. The van der Waals surface area contributed by atoms with E-state index in [9.17, 15) is 4.79 Å². The first kappa shape index (κ1) is 14.1. The minimum atomic E-state index is -0.0152. The molecule has 0 radical (unpaired) electrons. The molecule has 1 unspecified atom stereocenters. The smallest absolute Gasteiger partial charge is 0.241 e. The normalized spacial score (nSPS) is 17.3. The lowest BCUT2D eigenvalue weighted by molar-refractivity contribution is -0.122. The standard InChI is InChI=1S/C16H18ClN3O/c1-11-15(17)9-20(19-11)10-16(21)18-14-7-6-12-4-2-3-5-13(12)8-14/h2-5,9,14H,6-8,10H2,1H3,(H,18,21). The Bertz CT molecular complexity index is 646. The zero-order valence-corrected chi connectivity index (χ0v) is 12.7. The van der Waals surface area contributed by atoms with Crippen molar-refractivity contribution in [3.8, 4) is 0 Å².